The summed E-state index contributed by atoms with van der Waals surface area (Å²) in [5.41, 5.74) is 1.79. The van der Waals surface area contributed by atoms with Gasteiger partial charge in [-0.3, -0.25) is 4.90 Å². The molecule has 1 aromatic rings. The number of nitrogens with zero attached hydrogens (tertiary/aromatic N) is 2. The molecule has 1 aliphatic carbocycles. The third kappa shape index (κ3) is 3.18. The molecule has 1 aliphatic heterocycles. The lowest BCUT2D eigenvalue weighted by atomic mass is 9.91. The summed E-state index contributed by atoms with van der Waals surface area (Å²) in [6.45, 7) is 9.41. The molecule has 1 heterocycles. The number of ether oxygens (including phenoxy) is 1. The van der Waals surface area contributed by atoms with E-state index in [9.17, 15) is 0 Å². The van der Waals surface area contributed by atoms with Crippen LogP contribution in [0, 0.1) is 5.41 Å². The van der Waals surface area contributed by atoms with E-state index in [4.69, 9.17) is 4.74 Å². The molecule has 1 aromatic carbocycles. The van der Waals surface area contributed by atoms with Crippen molar-refractivity contribution in [1.82, 2.24) is 4.90 Å². The number of hydrogen-bond donors (Lipinski definition) is 0. The molecule has 0 bridgehead atoms. The summed E-state index contributed by atoms with van der Waals surface area (Å²) >= 11 is 0. The molecule has 1 unspecified atom stereocenters. The number of methoxy groups -OCH3 is 1. The number of anilines is 1. The first-order chi connectivity index (χ1) is 10.1. The van der Waals surface area contributed by atoms with E-state index in [1.54, 1.807) is 7.11 Å². The minimum Gasteiger partial charge on any atom is -0.495 e. The number of piperazine rings is 1. The summed E-state index contributed by atoms with van der Waals surface area (Å²) < 4.78 is 5.50. The molecular formula is C18H28N2O. The minimum absolute atomic E-state index is 0.546. The van der Waals surface area contributed by atoms with Crippen LogP contribution in [0.2, 0.25) is 0 Å². The first-order valence-corrected chi connectivity index (χ1v) is 8.21. The molecule has 1 saturated carbocycles. The summed E-state index contributed by atoms with van der Waals surface area (Å²) in [4.78, 5) is 5.18. The van der Waals surface area contributed by atoms with Gasteiger partial charge in [-0.05, 0) is 36.8 Å². The molecule has 0 aromatic heterocycles. The Morgan fingerprint density at radius 1 is 1.10 bits per heavy atom. The molecule has 1 saturated heterocycles. The van der Waals surface area contributed by atoms with Gasteiger partial charge in [0.1, 0.15) is 5.75 Å². The number of benzene rings is 1. The number of rotatable bonds is 3. The molecule has 21 heavy (non-hydrogen) atoms. The van der Waals surface area contributed by atoms with Gasteiger partial charge in [-0.15, -0.1) is 0 Å². The Balaban J connectivity index is 1.60. The van der Waals surface area contributed by atoms with E-state index in [2.05, 4.69) is 41.8 Å². The molecule has 2 aliphatic rings. The van der Waals surface area contributed by atoms with Crippen LogP contribution in [0.15, 0.2) is 24.3 Å². The fourth-order valence-corrected chi connectivity index (χ4v) is 3.93. The Bertz CT molecular complexity index is 478. The first kappa shape index (κ1) is 14.7. The zero-order chi connectivity index (χ0) is 14.9. The van der Waals surface area contributed by atoms with Gasteiger partial charge in [0, 0.05) is 32.2 Å². The van der Waals surface area contributed by atoms with Crippen molar-refractivity contribution in [2.45, 2.75) is 39.2 Å². The second-order valence-corrected chi connectivity index (χ2v) is 7.26. The Kier molecular flexibility index (Phi) is 4.12. The van der Waals surface area contributed by atoms with Crippen LogP contribution >= 0.6 is 0 Å². The maximum absolute atomic E-state index is 5.50. The predicted octanol–water partition coefficient (Wildman–Crippen LogP) is 3.40. The number of para-hydroxylation sites is 2. The molecular weight excluding hydrogens is 260 g/mol. The van der Waals surface area contributed by atoms with E-state index in [1.165, 1.54) is 38.0 Å². The van der Waals surface area contributed by atoms with Gasteiger partial charge in [-0.2, -0.15) is 0 Å². The van der Waals surface area contributed by atoms with E-state index in [1.807, 2.05) is 6.07 Å². The van der Waals surface area contributed by atoms with Gasteiger partial charge in [0.2, 0.25) is 0 Å². The van der Waals surface area contributed by atoms with Crippen molar-refractivity contribution in [3.05, 3.63) is 24.3 Å². The Hall–Kier alpha value is -1.22. The van der Waals surface area contributed by atoms with E-state index >= 15 is 0 Å². The Morgan fingerprint density at radius 3 is 2.43 bits per heavy atom. The van der Waals surface area contributed by atoms with Crippen LogP contribution < -0.4 is 9.64 Å². The van der Waals surface area contributed by atoms with Gasteiger partial charge in [0.05, 0.1) is 12.8 Å². The third-order valence-electron chi connectivity index (χ3n) is 5.20. The Labute approximate surface area is 128 Å². The standard InChI is InChI=1S/C18H28N2O/c1-18(2)9-8-15(14-18)19-10-12-20(13-11-19)16-6-4-5-7-17(16)21-3/h4-7,15H,8-14H2,1-3H3. The highest BCUT2D eigenvalue weighted by Gasteiger charge is 2.35. The zero-order valence-corrected chi connectivity index (χ0v) is 13.6. The zero-order valence-electron chi connectivity index (χ0n) is 13.6. The summed E-state index contributed by atoms with van der Waals surface area (Å²) in [6.07, 6.45) is 4.12. The molecule has 2 fully saturated rings. The molecule has 1 atom stereocenters. The summed E-state index contributed by atoms with van der Waals surface area (Å²) in [5, 5.41) is 0. The molecule has 3 rings (SSSR count). The molecule has 3 nitrogen and oxygen atoms in total. The first-order valence-electron chi connectivity index (χ1n) is 8.21. The topological polar surface area (TPSA) is 15.7 Å². The van der Waals surface area contributed by atoms with Gasteiger partial charge in [-0.1, -0.05) is 26.0 Å². The fraction of sp³-hybridized carbons (Fsp3) is 0.667. The average Bonchev–Trinajstić information content (AvgIpc) is 2.87. The monoisotopic (exact) mass is 288 g/mol. The van der Waals surface area contributed by atoms with Crippen molar-refractivity contribution in [3.63, 3.8) is 0 Å². The lowest BCUT2D eigenvalue weighted by Crippen LogP contribution is -2.50. The maximum atomic E-state index is 5.50. The highest BCUT2D eigenvalue weighted by Crippen LogP contribution is 2.40. The maximum Gasteiger partial charge on any atom is 0.142 e. The molecule has 0 radical (unpaired) electrons. The van der Waals surface area contributed by atoms with Gasteiger partial charge in [-0.25, -0.2) is 0 Å². The van der Waals surface area contributed by atoms with Crippen LogP contribution in [0.1, 0.15) is 33.1 Å². The molecule has 0 N–H and O–H groups in total. The third-order valence-corrected chi connectivity index (χ3v) is 5.20. The van der Waals surface area contributed by atoms with Crippen LogP contribution in [-0.4, -0.2) is 44.2 Å². The molecule has 0 amide bonds. The molecule has 0 spiro atoms. The Morgan fingerprint density at radius 2 is 1.81 bits per heavy atom. The van der Waals surface area contributed by atoms with Crippen molar-refractivity contribution in [2.24, 2.45) is 5.41 Å². The van der Waals surface area contributed by atoms with Crippen molar-refractivity contribution >= 4 is 5.69 Å². The second-order valence-electron chi connectivity index (χ2n) is 7.26. The highest BCUT2D eigenvalue weighted by atomic mass is 16.5. The number of hydrogen-bond acceptors (Lipinski definition) is 3. The minimum atomic E-state index is 0.546. The van der Waals surface area contributed by atoms with Crippen LogP contribution in [0.5, 0.6) is 5.75 Å². The smallest absolute Gasteiger partial charge is 0.142 e. The van der Waals surface area contributed by atoms with Crippen LogP contribution in [0.4, 0.5) is 5.69 Å². The van der Waals surface area contributed by atoms with Gasteiger partial charge >= 0.3 is 0 Å². The lowest BCUT2D eigenvalue weighted by molar-refractivity contribution is 0.176. The van der Waals surface area contributed by atoms with Crippen LogP contribution in [0.25, 0.3) is 0 Å². The largest absolute Gasteiger partial charge is 0.495 e. The van der Waals surface area contributed by atoms with Crippen LogP contribution in [-0.2, 0) is 0 Å². The second kappa shape index (κ2) is 5.88. The van der Waals surface area contributed by atoms with Crippen molar-refractivity contribution in [3.8, 4) is 5.75 Å². The fourth-order valence-electron chi connectivity index (χ4n) is 3.93. The van der Waals surface area contributed by atoms with Crippen molar-refractivity contribution in [2.75, 3.05) is 38.2 Å². The van der Waals surface area contributed by atoms with Gasteiger partial charge in [0.25, 0.3) is 0 Å². The van der Waals surface area contributed by atoms with Gasteiger partial charge < -0.3 is 9.64 Å². The lowest BCUT2D eigenvalue weighted by Gasteiger charge is -2.39. The molecule has 3 heteroatoms. The van der Waals surface area contributed by atoms with Gasteiger partial charge in [0.15, 0.2) is 0 Å². The van der Waals surface area contributed by atoms with Crippen molar-refractivity contribution < 1.29 is 4.74 Å². The predicted molar refractivity (Wildman–Crippen MR) is 88.2 cm³/mol. The summed E-state index contributed by atoms with van der Waals surface area (Å²) in [7, 11) is 1.76. The molecule has 116 valence electrons. The van der Waals surface area contributed by atoms with E-state index < -0.39 is 0 Å². The normalized spacial score (nSPS) is 26.0. The van der Waals surface area contributed by atoms with E-state index in [0.29, 0.717) is 5.41 Å². The summed E-state index contributed by atoms with van der Waals surface area (Å²) in [6, 6.07) is 9.18. The quantitative estimate of drug-likeness (QED) is 0.848. The highest BCUT2D eigenvalue weighted by molar-refractivity contribution is 5.58. The van der Waals surface area contributed by atoms with Crippen LogP contribution in [0.3, 0.4) is 0 Å². The van der Waals surface area contributed by atoms with Crippen molar-refractivity contribution in [1.29, 1.82) is 0 Å². The average molecular weight is 288 g/mol. The van der Waals surface area contributed by atoms with E-state index in [0.717, 1.165) is 24.9 Å². The SMILES string of the molecule is COc1ccccc1N1CCN(C2CCC(C)(C)C2)CC1. The van der Waals surface area contributed by atoms with E-state index in [-0.39, 0.29) is 0 Å². The summed E-state index contributed by atoms with van der Waals surface area (Å²) in [5.74, 6) is 0.993.